The molecule has 3 unspecified atom stereocenters. The number of carbonyl (C=O) groups is 4. The SMILES string of the molecule is CC(N(CCc1ccc(F)cc1)C(=O)CN1C(=O)OC2(CCc3cc(NC(=O)C(N)C4CC4)ccc32)C1=O)C(F)(F)F. The number of anilines is 1. The summed E-state index contributed by atoms with van der Waals surface area (Å²) in [6.07, 6.45) is -3.72. The molecule has 1 saturated heterocycles. The molecular weight excluding hydrogens is 560 g/mol. The molecule has 0 aromatic heterocycles. The highest BCUT2D eigenvalue weighted by Crippen LogP contribution is 2.46. The summed E-state index contributed by atoms with van der Waals surface area (Å²) in [5.41, 5.74) is 6.25. The summed E-state index contributed by atoms with van der Waals surface area (Å²) in [4.78, 5) is 53.0. The molecule has 2 aromatic rings. The molecule has 3 atom stereocenters. The minimum absolute atomic E-state index is 0.00736. The van der Waals surface area contributed by atoms with Crippen LogP contribution < -0.4 is 11.1 Å². The second kappa shape index (κ2) is 11.0. The number of aryl methyl sites for hydroxylation is 1. The van der Waals surface area contributed by atoms with Crippen LogP contribution in [0.4, 0.5) is 28.0 Å². The monoisotopic (exact) mass is 590 g/mol. The molecule has 224 valence electrons. The number of nitrogens with two attached hydrogens (primary N) is 1. The normalized spacial score (nSPS) is 21.2. The van der Waals surface area contributed by atoms with E-state index in [2.05, 4.69) is 5.32 Å². The molecule has 0 bridgehead atoms. The highest BCUT2D eigenvalue weighted by atomic mass is 19.4. The number of amides is 4. The first-order chi connectivity index (χ1) is 19.8. The third-order valence-electron chi connectivity index (χ3n) is 8.17. The maximum atomic E-state index is 13.7. The maximum absolute atomic E-state index is 13.7. The highest BCUT2D eigenvalue weighted by molar-refractivity contribution is 6.06. The number of nitrogens with zero attached hydrogens (tertiary/aromatic N) is 2. The van der Waals surface area contributed by atoms with Crippen LogP contribution in [0, 0.1) is 11.7 Å². The Bertz CT molecular complexity index is 1410. The average Bonchev–Trinajstić information content (AvgIpc) is 3.69. The number of ether oxygens (including phenoxy) is 1. The minimum atomic E-state index is -4.77. The lowest BCUT2D eigenvalue weighted by molar-refractivity contribution is -0.185. The van der Waals surface area contributed by atoms with E-state index in [1.54, 1.807) is 18.2 Å². The van der Waals surface area contributed by atoms with Crippen molar-refractivity contribution in [1.29, 1.82) is 0 Å². The number of halogens is 4. The minimum Gasteiger partial charge on any atom is -0.427 e. The fraction of sp³-hybridized carbons (Fsp3) is 0.448. The molecule has 3 aliphatic rings. The molecule has 2 fully saturated rings. The van der Waals surface area contributed by atoms with Gasteiger partial charge in [0.15, 0.2) is 0 Å². The van der Waals surface area contributed by atoms with Crippen molar-refractivity contribution in [2.45, 2.75) is 62.9 Å². The van der Waals surface area contributed by atoms with E-state index < -0.39 is 54.1 Å². The van der Waals surface area contributed by atoms with Gasteiger partial charge in [0, 0.05) is 24.2 Å². The van der Waals surface area contributed by atoms with Gasteiger partial charge in [-0.1, -0.05) is 18.2 Å². The van der Waals surface area contributed by atoms with E-state index in [4.69, 9.17) is 10.5 Å². The lowest BCUT2D eigenvalue weighted by Gasteiger charge is -2.31. The summed E-state index contributed by atoms with van der Waals surface area (Å²) in [7, 11) is 0. The van der Waals surface area contributed by atoms with Gasteiger partial charge in [-0.2, -0.15) is 13.2 Å². The maximum Gasteiger partial charge on any atom is 0.418 e. The zero-order valence-electron chi connectivity index (χ0n) is 22.7. The molecule has 2 aliphatic carbocycles. The van der Waals surface area contributed by atoms with Crippen molar-refractivity contribution in [2.24, 2.45) is 11.7 Å². The lowest BCUT2D eigenvalue weighted by Crippen LogP contribution is -2.52. The lowest BCUT2D eigenvalue weighted by atomic mass is 9.94. The summed E-state index contributed by atoms with van der Waals surface area (Å²) < 4.78 is 59.7. The van der Waals surface area contributed by atoms with Crippen LogP contribution in [0.25, 0.3) is 0 Å². The number of benzene rings is 2. The molecule has 1 saturated carbocycles. The second-order valence-electron chi connectivity index (χ2n) is 11.0. The third kappa shape index (κ3) is 5.69. The highest BCUT2D eigenvalue weighted by Gasteiger charge is 2.58. The molecule has 1 heterocycles. The van der Waals surface area contributed by atoms with Crippen molar-refractivity contribution >= 4 is 29.5 Å². The predicted octanol–water partition coefficient (Wildman–Crippen LogP) is 3.64. The van der Waals surface area contributed by atoms with Crippen molar-refractivity contribution in [3.63, 3.8) is 0 Å². The number of hydrogen-bond acceptors (Lipinski definition) is 6. The van der Waals surface area contributed by atoms with E-state index in [1.165, 1.54) is 12.1 Å². The van der Waals surface area contributed by atoms with E-state index in [9.17, 15) is 36.7 Å². The van der Waals surface area contributed by atoms with Crippen LogP contribution in [0.1, 0.15) is 42.9 Å². The smallest absolute Gasteiger partial charge is 0.418 e. The molecule has 5 rings (SSSR count). The Morgan fingerprint density at radius 1 is 1.17 bits per heavy atom. The van der Waals surface area contributed by atoms with Gasteiger partial charge in [-0.15, -0.1) is 0 Å². The van der Waals surface area contributed by atoms with Crippen LogP contribution in [0.2, 0.25) is 0 Å². The van der Waals surface area contributed by atoms with Crippen molar-refractivity contribution < 1.29 is 41.5 Å². The summed E-state index contributed by atoms with van der Waals surface area (Å²) in [6, 6.07) is 7.06. The summed E-state index contributed by atoms with van der Waals surface area (Å²) in [5.74, 6) is -2.61. The van der Waals surface area contributed by atoms with Crippen molar-refractivity contribution in [3.05, 3.63) is 65.0 Å². The van der Waals surface area contributed by atoms with Gasteiger partial charge in [-0.05, 0) is 73.9 Å². The van der Waals surface area contributed by atoms with Gasteiger partial charge in [-0.25, -0.2) is 14.1 Å². The molecule has 0 radical (unpaired) electrons. The van der Waals surface area contributed by atoms with Crippen LogP contribution in [-0.2, 0) is 37.6 Å². The van der Waals surface area contributed by atoms with E-state index in [1.807, 2.05) is 0 Å². The Balaban J connectivity index is 1.30. The Morgan fingerprint density at radius 3 is 2.50 bits per heavy atom. The Labute approximate surface area is 239 Å². The molecule has 13 heteroatoms. The van der Waals surface area contributed by atoms with Crippen molar-refractivity contribution in [2.75, 3.05) is 18.4 Å². The van der Waals surface area contributed by atoms with Crippen LogP contribution in [0.15, 0.2) is 42.5 Å². The first-order valence-corrected chi connectivity index (χ1v) is 13.7. The number of alkyl halides is 3. The number of fused-ring (bicyclic) bond motifs is 2. The summed E-state index contributed by atoms with van der Waals surface area (Å²) >= 11 is 0. The van der Waals surface area contributed by atoms with Gasteiger partial charge < -0.3 is 20.7 Å². The first-order valence-electron chi connectivity index (χ1n) is 13.7. The third-order valence-corrected chi connectivity index (χ3v) is 8.17. The van der Waals surface area contributed by atoms with E-state index in [0.29, 0.717) is 38.6 Å². The first kappa shape index (κ1) is 29.5. The quantitative estimate of drug-likeness (QED) is 0.430. The van der Waals surface area contributed by atoms with Crippen LogP contribution in [0.3, 0.4) is 0 Å². The van der Waals surface area contributed by atoms with E-state index >= 15 is 0 Å². The predicted molar refractivity (Wildman–Crippen MR) is 141 cm³/mol. The number of imide groups is 1. The molecule has 4 amide bonds. The van der Waals surface area contributed by atoms with Gasteiger partial charge in [0.25, 0.3) is 5.91 Å². The van der Waals surface area contributed by atoms with Gasteiger partial charge in [0.1, 0.15) is 18.4 Å². The Kier molecular flexibility index (Phi) is 7.73. The van der Waals surface area contributed by atoms with Crippen molar-refractivity contribution in [1.82, 2.24) is 9.80 Å². The standard InChI is InChI=1S/C29H30F4N4O5/c1-16(29(31,32)33)36(13-11-17-2-6-20(30)7-3-17)23(38)15-37-26(40)28(42-27(37)41)12-10-19-14-21(8-9-22(19)28)35-25(39)24(34)18-4-5-18/h2-3,6-9,14,16,18,24H,4-5,10-13,15,34H2,1H3,(H,35,39). The molecule has 1 aliphatic heterocycles. The summed E-state index contributed by atoms with van der Waals surface area (Å²) in [5, 5.41) is 2.76. The zero-order valence-corrected chi connectivity index (χ0v) is 22.7. The van der Waals surface area contributed by atoms with Gasteiger partial charge in [-0.3, -0.25) is 14.4 Å². The average molecular weight is 591 g/mol. The zero-order chi connectivity index (χ0) is 30.4. The molecule has 3 N–H and O–H groups in total. The Hall–Kier alpha value is -4.00. The van der Waals surface area contributed by atoms with Gasteiger partial charge in [0.05, 0.1) is 6.04 Å². The van der Waals surface area contributed by atoms with Gasteiger partial charge >= 0.3 is 12.3 Å². The molecule has 9 nitrogen and oxygen atoms in total. The number of rotatable bonds is 9. The van der Waals surface area contributed by atoms with Crippen molar-refractivity contribution in [3.8, 4) is 0 Å². The summed E-state index contributed by atoms with van der Waals surface area (Å²) in [6.45, 7) is -0.504. The fourth-order valence-electron chi connectivity index (χ4n) is 5.46. The van der Waals surface area contributed by atoms with Crippen LogP contribution >= 0.6 is 0 Å². The topological polar surface area (TPSA) is 122 Å². The largest absolute Gasteiger partial charge is 0.427 e. The fourth-order valence-corrected chi connectivity index (χ4v) is 5.46. The number of carbonyl (C=O) groups excluding carboxylic acids is 4. The van der Waals surface area contributed by atoms with Crippen LogP contribution in [-0.4, -0.2) is 65.0 Å². The molecule has 2 aromatic carbocycles. The van der Waals surface area contributed by atoms with Gasteiger partial charge in [0.2, 0.25) is 17.4 Å². The number of hydrogen-bond donors (Lipinski definition) is 2. The molecule has 42 heavy (non-hydrogen) atoms. The van der Waals surface area contributed by atoms with E-state index in [-0.39, 0.29) is 31.2 Å². The Morgan fingerprint density at radius 2 is 1.86 bits per heavy atom. The second-order valence-corrected chi connectivity index (χ2v) is 11.0. The van der Waals surface area contributed by atoms with Crippen LogP contribution in [0.5, 0.6) is 0 Å². The van der Waals surface area contributed by atoms with E-state index in [0.717, 1.165) is 31.9 Å². The molecular formula is C29H30F4N4O5. The number of nitrogens with one attached hydrogen (secondary N) is 1. The molecule has 1 spiro atoms.